The monoisotopic (exact) mass is 260 g/mol. The lowest BCUT2D eigenvalue weighted by molar-refractivity contribution is -0.137. The Morgan fingerprint density at radius 1 is 1.29 bits per heavy atom. The molecule has 0 bridgehead atoms. The lowest BCUT2D eigenvalue weighted by atomic mass is 9.84. The van der Waals surface area contributed by atoms with Crippen LogP contribution in [0.4, 0.5) is 0 Å². The molecule has 0 aliphatic carbocycles. The van der Waals surface area contributed by atoms with Gasteiger partial charge in [-0.05, 0) is 37.6 Å². The Bertz CT molecular complexity index is 262. The number of halogens is 1. The van der Waals surface area contributed by atoms with Crippen LogP contribution in [0.25, 0.3) is 0 Å². The van der Waals surface area contributed by atoms with Gasteiger partial charge in [0.05, 0.1) is 6.04 Å². The first-order chi connectivity index (χ1) is 7.58. The van der Waals surface area contributed by atoms with Gasteiger partial charge in [-0.1, -0.05) is 20.3 Å². The molecule has 2 rings (SSSR count). The average molecular weight is 261 g/mol. The SMILES string of the molecule is CC1(C)CCCN(C(=O)C2CCCCN2)C1.Cl. The zero-order chi connectivity index (χ0) is 11.6. The molecule has 0 spiro atoms. The summed E-state index contributed by atoms with van der Waals surface area (Å²) in [7, 11) is 0. The molecule has 100 valence electrons. The van der Waals surface area contributed by atoms with E-state index >= 15 is 0 Å². The van der Waals surface area contributed by atoms with Gasteiger partial charge in [0.1, 0.15) is 0 Å². The fraction of sp³-hybridized carbons (Fsp3) is 0.923. The first-order valence-corrected chi connectivity index (χ1v) is 6.61. The van der Waals surface area contributed by atoms with Crippen LogP contribution in [0.1, 0.15) is 46.0 Å². The fourth-order valence-corrected chi connectivity index (χ4v) is 2.89. The number of nitrogens with zero attached hydrogens (tertiary/aromatic N) is 1. The van der Waals surface area contributed by atoms with Crippen molar-refractivity contribution in [2.45, 2.75) is 52.0 Å². The molecule has 3 nitrogen and oxygen atoms in total. The number of hydrogen-bond donors (Lipinski definition) is 1. The molecule has 2 aliphatic rings. The number of nitrogens with one attached hydrogen (secondary N) is 1. The summed E-state index contributed by atoms with van der Waals surface area (Å²) in [5.41, 5.74) is 0.308. The first-order valence-electron chi connectivity index (χ1n) is 6.61. The van der Waals surface area contributed by atoms with Crippen LogP contribution in [0, 0.1) is 5.41 Å². The second-order valence-corrected chi connectivity index (χ2v) is 6.03. The zero-order valence-electron chi connectivity index (χ0n) is 11.0. The Morgan fingerprint density at radius 2 is 2.06 bits per heavy atom. The normalized spacial score (nSPS) is 28.4. The zero-order valence-corrected chi connectivity index (χ0v) is 11.8. The Hall–Kier alpha value is -0.280. The largest absolute Gasteiger partial charge is 0.341 e. The third-order valence-electron chi connectivity index (χ3n) is 3.82. The van der Waals surface area contributed by atoms with Crippen LogP contribution < -0.4 is 5.32 Å². The molecule has 2 fully saturated rings. The van der Waals surface area contributed by atoms with Crippen molar-refractivity contribution in [3.63, 3.8) is 0 Å². The van der Waals surface area contributed by atoms with E-state index < -0.39 is 0 Å². The quantitative estimate of drug-likeness (QED) is 0.784. The second kappa shape index (κ2) is 6.05. The summed E-state index contributed by atoms with van der Waals surface area (Å²) >= 11 is 0. The summed E-state index contributed by atoms with van der Waals surface area (Å²) in [6, 6.07) is 0.0997. The van der Waals surface area contributed by atoms with Gasteiger partial charge in [0.2, 0.25) is 5.91 Å². The minimum absolute atomic E-state index is 0. The molecule has 2 aliphatic heterocycles. The smallest absolute Gasteiger partial charge is 0.239 e. The Labute approximate surface area is 111 Å². The van der Waals surface area contributed by atoms with Crippen LogP contribution in [-0.2, 0) is 4.79 Å². The van der Waals surface area contributed by atoms with E-state index in [1.54, 1.807) is 0 Å². The van der Waals surface area contributed by atoms with E-state index in [-0.39, 0.29) is 18.4 Å². The number of rotatable bonds is 1. The van der Waals surface area contributed by atoms with E-state index in [1.807, 2.05) is 0 Å². The van der Waals surface area contributed by atoms with Crippen molar-refractivity contribution in [1.82, 2.24) is 10.2 Å². The highest BCUT2D eigenvalue weighted by Crippen LogP contribution is 2.29. The van der Waals surface area contributed by atoms with Gasteiger partial charge in [-0.3, -0.25) is 4.79 Å². The van der Waals surface area contributed by atoms with Gasteiger partial charge < -0.3 is 10.2 Å². The van der Waals surface area contributed by atoms with Gasteiger partial charge in [0.25, 0.3) is 0 Å². The van der Waals surface area contributed by atoms with Gasteiger partial charge in [-0.25, -0.2) is 0 Å². The maximum atomic E-state index is 12.3. The number of hydrogen-bond acceptors (Lipinski definition) is 2. The van der Waals surface area contributed by atoms with Gasteiger partial charge >= 0.3 is 0 Å². The number of amides is 1. The summed E-state index contributed by atoms with van der Waals surface area (Å²) in [6.45, 7) is 7.43. The van der Waals surface area contributed by atoms with Gasteiger partial charge in [-0.15, -0.1) is 12.4 Å². The van der Waals surface area contributed by atoms with E-state index in [4.69, 9.17) is 0 Å². The van der Waals surface area contributed by atoms with Crippen LogP contribution in [0.2, 0.25) is 0 Å². The highest BCUT2D eigenvalue weighted by atomic mass is 35.5. The van der Waals surface area contributed by atoms with Gasteiger partial charge in [-0.2, -0.15) is 0 Å². The molecular weight excluding hydrogens is 236 g/mol. The Kier molecular flexibility index (Phi) is 5.26. The van der Waals surface area contributed by atoms with Crippen molar-refractivity contribution in [2.24, 2.45) is 5.41 Å². The highest BCUT2D eigenvalue weighted by molar-refractivity contribution is 5.85. The van der Waals surface area contributed by atoms with Crippen LogP contribution in [0.3, 0.4) is 0 Å². The third kappa shape index (κ3) is 3.85. The lowest BCUT2D eigenvalue weighted by Gasteiger charge is -2.40. The topological polar surface area (TPSA) is 32.3 Å². The molecule has 0 aromatic rings. The number of carbonyl (C=O) groups is 1. The second-order valence-electron chi connectivity index (χ2n) is 6.03. The van der Waals surface area contributed by atoms with Crippen molar-refractivity contribution in [3.8, 4) is 0 Å². The molecule has 17 heavy (non-hydrogen) atoms. The molecule has 2 heterocycles. The maximum Gasteiger partial charge on any atom is 0.239 e. The third-order valence-corrected chi connectivity index (χ3v) is 3.82. The molecular formula is C13H25ClN2O. The molecule has 1 unspecified atom stereocenters. The summed E-state index contributed by atoms with van der Waals surface area (Å²) < 4.78 is 0. The summed E-state index contributed by atoms with van der Waals surface area (Å²) in [6.07, 6.45) is 5.84. The highest BCUT2D eigenvalue weighted by Gasteiger charge is 2.32. The molecule has 4 heteroatoms. The van der Waals surface area contributed by atoms with E-state index in [1.165, 1.54) is 19.3 Å². The average Bonchev–Trinajstić information content (AvgIpc) is 2.28. The van der Waals surface area contributed by atoms with Crippen LogP contribution in [0.5, 0.6) is 0 Å². The van der Waals surface area contributed by atoms with E-state index in [0.29, 0.717) is 11.3 Å². The Balaban J connectivity index is 0.00000144. The molecule has 1 atom stereocenters. The van der Waals surface area contributed by atoms with Crippen molar-refractivity contribution in [2.75, 3.05) is 19.6 Å². The van der Waals surface area contributed by atoms with Crippen molar-refractivity contribution in [3.05, 3.63) is 0 Å². The van der Waals surface area contributed by atoms with Crippen molar-refractivity contribution < 1.29 is 4.79 Å². The molecule has 0 aromatic carbocycles. The molecule has 2 saturated heterocycles. The molecule has 0 radical (unpaired) electrons. The van der Waals surface area contributed by atoms with Crippen LogP contribution in [0.15, 0.2) is 0 Å². The summed E-state index contributed by atoms with van der Waals surface area (Å²) in [4.78, 5) is 14.4. The first kappa shape index (κ1) is 14.8. The van der Waals surface area contributed by atoms with Gasteiger partial charge in [0, 0.05) is 13.1 Å². The molecule has 1 amide bonds. The standard InChI is InChI=1S/C13H24N2O.ClH/c1-13(2)7-5-9-15(10-13)12(16)11-6-3-4-8-14-11;/h11,14H,3-10H2,1-2H3;1H. The predicted octanol–water partition coefficient (Wildman–Crippen LogP) is 2.20. The van der Waals surface area contributed by atoms with Gasteiger partial charge in [0.15, 0.2) is 0 Å². The number of likely N-dealkylation sites (tertiary alicyclic amines) is 1. The predicted molar refractivity (Wildman–Crippen MR) is 72.5 cm³/mol. The number of piperidine rings is 2. The van der Waals surface area contributed by atoms with Crippen LogP contribution >= 0.6 is 12.4 Å². The summed E-state index contributed by atoms with van der Waals surface area (Å²) in [5, 5.41) is 3.35. The van der Waals surface area contributed by atoms with E-state index in [2.05, 4.69) is 24.1 Å². The fourth-order valence-electron chi connectivity index (χ4n) is 2.89. The molecule has 0 aromatic heterocycles. The molecule has 0 saturated carbocycles. The minimum Gasteiger partial charge on any atom is -0.341 e. The summed E-state index contributed by atoms with van der Waals surface area (Å²) in [5.74, 6) is 0.340. The Morgan fingerprint density at radius 3 is 2.65 bits per heavy atom. The van der Waals surface area contributed by atoms with Crippen LogP contribution in [-0.4, -0.2) is 36.5 Å². The minimum atomic E-state index is 0. The molecule has 1 N–H and O–H groups in total. The van der Waals surface area contributed by atoms with Crippen molar-refractivity contribution >= 4 is 18.3 Å². The number of carbonyl (C=O) groups excluding carboxylic acids is 1. The van der Waals surface area contributed by atoms with E-state index in [9.17, 15) is 4.79 Å². The lowest BCUT2D eigenvalue weighted by Crippen LogP contribution is -2.52. The maximum absolute atomic E-state index is 12.3. The van der Waals surface area contributed by atoms with Crippen molar-refractivity contribution in [1.29, 1.82) is 0 Å². The van der Waals surface area contributed by atoms with E-state index in [0.717, 1.165) is 32.5 Å².